The lowest BCUT2D eigenvalue weighted by Crippen LogP contribution is -2.21. The number of nitrogens with zero attached hydrogens (tertiary/aromatic N) is 2. The fourth-order valence-corrected chi connectivity index (χ4v) is 2.84. The summed E-state index contributed by atoms with van der Waals surface area (Å²) in [6.07, 6.45) is 2.91. The number of aromatic carboxylic acids is 1. The zero-order valence-corrected chi connectivity index (χ0v) is 12.8. The monoisotopic (exact) mass is 292 g/mol. The van der Waals surface area contributed by atoms with Crippen LogP contribution in [0.2, 0.25) is 0 Å². The lowest BCUT2D eigenvalue weighted by atomic mass is 9.90. The molecular formula is C15H20N2O4. The third kappa shape index (κ3) is 2.58. The number of carbonyl (C=O) groups is 2. The molecule has 0 saturated heterocycles. The van der Waals surface area contributed by atoms with E-state index in [2.05, 4.69) is 0 Å². The average molecular weight is 292 g/mol. The number of ketones is 1. The van der Waals surface area contributed by atoms with Crippen LogP contribution < -0.4 is 0 Å². The Labute approximate surface area is 123 Å². The lowest BCUT2D eigenvalue weighted by Gasteiger charge is -2.19. The number of carbonyl (C=O) groups excluding carboxylic acids is 1. The summed E-state index contributed by atoms with van der Waals surface area (Å²) in [6, 6.07) is 0. The highest BCUT2D eigenvalue weighted by molar-refractivity contribution is 6.11. The van der Waals surface area contributed by atoms with Gasteiger partial charge in [0, 0.05) is 38.7 Å². The Balaban J connectivity index is 2.63. The number of rotatable bonds is 4. The van der Waals surface area contributed by atoms with Gasteiger partial charge in [0.1, 0.15) is 6.73 Å². The number of hydrogen-bond acceptors (Lipinski definition) is 4. The van der Waals surface area contributed by atoms with E-state index in [0.717, 1.165) is 0 Å². The average Bonchev–Trinajstić information content (AvgIpc) is 2.67. The Morgan fingerprint density at radius 2 is 2.10 bits per heavy atom. The summed E-state index contributed by atoms with van der Waals surface area (Å²) in [5, 5.41) is 9.41. The largest absolute Gasteiger partial charge is 0.478 e. The molecule has 0 bridgehead atoms. The first-order valence-electron chi connectivity index (χ1n) is 6.74. The van der Waals surface area contributed by atoms with Crippen LogP contribution in [-0.2, 0) is 17.9 Å². The fourth-order valence-electron chi connectivity index (χ4n) is 2.84. The third-order valence-corrected chi connectivity index (χ3v) is 3.66. The van der Waals surface area contributed by atoms with Crippen LogP contribution in [0.5, 0.6) is 0 Å². The van der Waals surface area contributed by atoms with Gasteiger partial charge >= 0.3 is 5.97 Å². The fraction of sp³-hybridized carbons (Fsp3) is 0.467. The second-order valence-corrected chi connectivity index (χ2v) is 5.39. The molecule has 0 fully saturated rings. The Kier molecular flexibility index (Phi) is 4.18. The van der Waals surface area contributed by atoms with Crippen LogP contribution in [0.1, 0.15) is 38.5 Å². The molecule has 2 rings (SSSR count). The van der Waals surface area contributed by atoms with Crippen LogP contribution in [0.25, 0.3) is 0 Å². The maximum atomic E-state index is 12.7. The number of aromatic nitrogens is 1. The zero-order valence-electron chi connectivity index (χ0n) is 12.8. The number of fused-ring (bicyclic) bond motifs is 1. The Morgan fingerprint density at radius 1 is 1.43 bits per heavy atom. The van der Waals surface area contributed by atoms with Gasteiger partial charge in [0.05, 0.1) is 11.3 Å². The van der Waals surface area contributed by atoms with Crippen LogP contribution in [0.4, 0.5) is 0 Å². The molecule has 1 aromatic rings. The Morgan fingerprint density at radius 3 is 2.62 bits per heavy atom. The van der Waals surface area contributed by atoms with Crippen LogP contribution in [0.3, 0.4) is 0 Å². The summed E-state index contributed by atoms with van der Waals surface area (Å²) in [4.78, 5) is 26.0. The second-order valence-electron chi connectivity index (χ2n) is 5.39. The predicted molar refractivity (Wildman–Crippen MR) is 77.6 cm³/mol. The van der Waals surface area contributed by atoms with E-state index in [1.807, 2.05) is 19.0 Å². The van der Waals surface area contributed by atoms with E-state index >= 15 is 0 Å². The van der Waals surface area contributed by atoms with Crippen molar-refractivity contribution in [2.75, 3.05) is 21.2 Å². The molecule has 6 nitrogen and oxygen atoms in total. The summed E-state index contributed by atoms with van der Waals surface area (Å²) in [5.41, 5.74) is 2.57. The molecule has 21 heavy (non-hydrogen) atoms. The van der Waals surface area contributed by atoms with Crippen LogP contribution in [-0.4, -0.2) is 47.5 Å². The smallest absolute Gasteiger partial charge is 0.337 e. The van der Waals surface area contributed by atoms with Gasteiger partial charge in [0.2, 0.25) is 5.78 Å². The number of Topliss-reactive ketones (excluding diaryl/α,β-unsaturated/α-hetero) is 1. The minimum Gasteiger partial charge on any atom is -0.478 e. The van der Waals surface area contributed by atoms with Gasteiger partial charge < -0.3 is 19.3 Å². The first-order chi connectivity index (χ1) is 9.88. The van der Waals surface area contributed by atoms with Gasteiger partial charge in [-0.25, -0.2) is 4.79 Å². The molecular weight excluding hydrogens is 272 g/mol. The van der Waals surface area contributed by atoms with Gasteiger partial charge in [-0.05, 0) is 25.3 Å². The van der Waals surface area contributed by atoms with Gasteiger partial charge in [0.25, 0.3) is 0 Å². The second kappa shape index (κ2) is 5.73. The molecule has 1 N–H and O–H groups in total. The summed E-state index contributed by atoms with van der Waals surface area (Å²) in [7, 11) is 5.24. The number of hydrogen-bond donors (Lipinski definition) is 1. The molecule has 1 aromatic heterocycles. The van der Waals surface area contributed by atoms with E-state index in [1.54, 1.807) is 17.7 Å². The molecule has 114 valence electrons. The molecule has 1 heterocycles. The highest BCUT2D eigenvalue weighted by Gasteiger charge is 2.33. The SMILES string of the molecule is COCn1c(C)c(C(=O)O)c2c1C(=O)C(=CN(C)C)CC2. The highest BCUT2D eigenvalue weighted by atomic mass is 16.5. The molecule has 0 atom stereocenters. The van der Waals surface area contributed by atoms with Crippen molar-refractivity contribution < 1.29 is 19.4 Å². The predicted octanol–water partition coefficient (Wildman–Crippen LogP) is 1.67. The van der Waals surface area contributed by atoms with Crippen molar-refractivity contribution in [3.05, 3.63) is 34.3 Å². The Bertz CT molecular complexity index is 626. The number of methoxy groups -OCH3 is 1. The van der Waals surface area contributed by atoms with Crippen LogP contribution in [0, 0.1) is 6.92 Å². The molecule has 0 aliphatic heterocycles. The van der Waals surface area contributed by atoms with E-state index in [4.69, 9.17) is 4.74 Å². The normalized spacial score (nSPS) is 16.2. The van der Waals surface area contributed by atoms with Gasteiger partial charge in [-0.2, -0.15) is 0 Å². The third-order valence-electron chi connectivity index (χ3n) is 3.66. The van der Waals surface area contributed by atoms with Crippen molar-refractivity contribution >= 4 is 11.8 Å². The minimum absolute atomic E-state index is 0.113. The first kappa shape index (κ1) is 15.3. The maximum absolute atomic E-state index is 12.7. The highest BCUT2D eigenvalue weighted by Crippen LogP contribution is 2.32. The van der Waals surface area contributed by atoms with Crippen molar-refractivity contribution in [1.82, 2.24) is 9.47 Å². The van der Waals surface area contributed by atoms with Gasteiger partial charge in [-0.15, -0.1) is 0 Å². The lowest BCUT2D eigenvalue weighted by molar-refractivity contribution is 0.0693. The molecule has 0 amide bonds. The number of ether oxygens (including phenoxy) is 1. The number of carboxylic acid groups (broad SMARTS) is 1. The van der Waals surface area contributed by atoms with Crippen LogP contribution >= 0.6 is 0 Å². The van der Waals surface area contributed by atoms with Crippen LogP contribution in [0.15, 0.2) is 11.8 Å². The van der Waals surface area contributed by atoms with Crippen molar-refractivity contribution in [3.63, 3.8) is 0 Å². The van der Waals surface area contributed by atoms with E-state index in [1.165, 1.54) is 7.11 Å². The topological polar surface area (TPSA) is 71.8 Å². The summed E-state index contributed by atoms with van der Waals surface area (Å²) < 4.78 is 6.78. The molecule has 0 saturated carbocycles. The van der Waals surface area contributed by atoms with Crippen molar-refractivity contribution in [3.8, 4) is 0 Å². The maximum Gasteiger partial charge on any atom is 0.337 e. The quantitative estimate of drug-likeness (QED) is 0.855. The van der Waals surface area contributed by atoms with Gasteiger partial charge in [-0.3, -0.25) is 4.79 Å². The van der Waals surface area contributed by atoms with E-state index in [-0.39, 0.29) is 18.1 Å². The molecule has 1 aliphatic rings. The summed E-state index contributed by atoms with van der Waals surface area (Å²) in [5.74, 6) is -1.11. The molecule has 0 unspecified atom stereocenters. The van der Waals surface area contributed by atoms with Gasteiger partial charge in [-0.1, -0.05) is 0 Å². The number of allylic oxidation sites excluding steroid dienone is 1. The molecule has 1 aliphatic carbocycles. The molecule has 0 radical (unpaired) electrons. The first-order valence-corrected chi connectivity index (χ1v) is 6.74. The minimum atomic E-state index is -0.994. The number of carboxylic acids is 1. The van der Waals surface area contributed by atoms with Crippen molar-refractivity contribution in [2.24, 2.45) is 0 Å². The standard InChI is InChI=1S/C15H20N2O4/c1-9-12(15(19)20)11-6-5-10(7-16(2)3)14(18)13(11)17(9)8-21-4/h7H,5-6,8H2,1-4H3,(H,19,20). The molecule has 6 heteroatoms. The van der Waals surface area contributed by atoms with Crippen molar-refractivity contribution in [2.45, 2.75) is 26.5 Å². The zero-order chi connectivity index (χ0) is 15.7. The Hall–Kier alpha value is -2.08. The summed E-state index contributed by atoms with van der Waals surface area (Å²) >= 11 is 0. The van der Waals surface area contributed by atoms with Gasteiger partial charge in [0.15, 0.2) is 0 Å². The van der Waals surface area contributed by atoms with E-state index in [0.29, 0.717) is 35.4 Å². The van der Waals surface area contributed by atoms with E-state index < -0.39 is 5.97 Å². The van der Waals surface area contributed by atoms with E-state index in [9.17, 15) is 14.7 Å². The van der Waals surface area contributed by atoms with Crippen molar-refractivity contribution in [1.29, 1.82) is 0 Å². The molecule has 0 spiro atoms. The molecule has 0 aromatic carbocycles. The summed E-state index contributed by atoms with van der Waals surface area (Å²) in [6.45, 7) is 1.88.